The second-order valence-electron chi connectivity index (χ2n) is 12.8. The normalized spacial score (nSPS) is 21.2. The Hall–Kier alpha value is -3.82. The maximum absolute atomic E-state index is 15.3. The summed E-state index contributed by atoms with van der Waals surface area (Å²) in [5.74, 6) is 0.662. The van der Waals surface area contributed by atoms with Crippen molar-refractivity contribution in [3.05, 3.63) is 58.5 Å². The standard InChI is InChI=1S/C37H46FN5O3/c1-6-27-31(38)13-12-24-19-26(44)20-29(33(24)27)30-21-32-34(28(7-2)35(30)39-23(3)4)36(43-15-10-17-45-18-16-43)41-37(40-32)46-22-25-11-8-9-14-42(25)5/h7,12-13,19-21,23,25,44H,6,8-11,14-18,22H2,1-5H3/b28-7-,39-35?. The van der Waals surface area contributed by atoms with Crippen LogP contribution in [-0.4, -0.2) is 84.3 Å². The molecule has 2 saturated heterocycles. The van der Waals surface area contributed by atoms with Crippen LogP contribution in [0.25, 0.3) is 28.0 Å². The molecule has 46 heavy (non-hydrogen) atoms. The van der Waals surface area contributed by atoms with Gasteiger partial charge < -0.3 is 24.4 Å². The number of fused-ring (bicyclic) bond motifs is 2. The number of aliphatic imine (C=N–C) groups is 1. The zero-order chi connectivity index (χ0) is 32.4. The van der Waals surface area contributed by atoms with Gasteiger partial charge in [-0.2, -0.15) is 9.97 Å². The van der Waals surface area contributed by atoms with E-state index < -0.39 is 0 Å². The molecule has 0 radical (unpaired) electrons. The number of benzene rings is 2. The summed E-state index contributed by atoms with van der Waals surface area (Å²) in [4.78, 5) is 19.9. The van der Waals surface area contributed by atoms with Crippen LogP contribution in [0.15, 0.2) is 35.3 Å². The van der Waals surface area contributed by atoms with Crippen molar-refractivity contribution in [3.8, 4) is 11.8 Å². The monoisotopic (exact) mass is 627 g/mol. The fraction of sp³-hybridized carbons (Fsp3) is 0.486. The lowest BCUT2D eigenvalue weighted by molar-refractivity contribution is 0.120. The maximum atomic E-state index is 15.3. The highest BCUT2D eigenvalue weighted by molar-refractivity contribution is 6.50. The van der Waals surface area contributed by atoms with Gasteiger partial charge in [0.05, 0.1) is 23.6 Å². The van der Waals surface area contributed by atoms with Gasteiger partial charge >= 0.3 is 6.01 Å². The average molecular weight is 628 g/mol. The molecular weight excluding hydrogens is 581 g/mol. The van der Waals surface area contributed by atoms with Gasteiger partial charge in [0.1, 0.15) is 24.0 Å². The van der Waals surface area contributed by atoms with Crippen LogP contribution in [0.1, 0.15) is 75.8 Å². The third kappa shape index (κ3) is 6.40. The summed E-state index contributed by atoms with van der Waals surface area (Å²) in [6.45, 7) is 12.5. The van der Waals surface area contributed by atoms with Gasteiger partial charge in [-0.05, 0) is 106 Å². The number of nitrogens with zero attached hydrogens (tertiary/aromatic N) is 5. The smallest absolute Gasteiger partial charge is 0.319 e. The summed E-state index contributed by atoms with van der Waals surface area (Å²) in [5.41, 5.74) is 5.43. The Balaban J connectivity index is 1.59. The van der Waals surface area contributed by atoms with Crippen LogP contribution in [0.3, 0.4) is 0 Å². The minimum Gasteiger partial charge on any atom is -0.508 e. The van der Waals surface area contributed by atoms with Gasteiger partial charge in [0, 0.05) is 42.9 Å². The number of piperidine rings is 1. The van der Waals surface area contributed by atoms with E-state index >= 15 is 4.39 Å². The molecule has 8 nitrogen and oxygen atoms in total. The fourth-order valence-corrected chi connectivity index (χ4v) is 6.99. The van der Waals surface area contributed by atoms with Crippen molar-refractivity contribution in [2.24, 2.45) is 4.99 Å². The molecular formula is C37H46FN5O3. The number of aromatic nitrogens is 2. The number of likely N-dealkylation sites (N-methyl/N-ethyl adjacent to an activating group) is 1. The van der Waals surface area contributed by atoms with Gasteiger partial charge in [-0.25, -0.2) is 4.39 Å². The SMILES string of the molecule is C/C=C1\C(=NC(C)C)C(c2cc(O)cc3ccc(F)c(CC)c23)=Cc2nc(OCC3CCCCN3C)nc(N3CCCOCC3)c21. The van der Waals surface area contributed by atoms with Crippen molar-refractivity contribution < 1.29 is 19.0 Å². The number of hydrogen-bond acceptors (Lipinski definition) is 8. The van der Waals surface area contributed by atoms with Crippen LogP contribution in [0.2, 0.25) is 0 Å². The van der Waals surface area contributed by atoms with E-state index in [0.717, 1.165) is 76.2 Å². The van der Waals surface area contributed by atoms with Gasteiger partial charge in [0.2, 0.25) is 0 Å². The molecule has 3 aliphatic rings. The van der Waals surface area contributed by atoms with E-state index in [-0.39, 0.29) is 17.6 Å². The lowest BCUT2D eigenvalue weighted by Crippen LogP contribution is -2.40. The molecule has 3 heterocycles. The van der Waals surface area contributed by atoms with Crippen LogP contribution in [0.5, 0.6) is 11.8 Å². The Morgan fingerprint density at radius 2 is 1.98 bits per heavy atom. The van der Waals surface area contributed by atoms with Crippen molar-refractivity contribution in [1.29, 1.82) is 0 Å². The molecule has 2 aliphatic heterocycles. The van der Waals surface area contributed by atoms with Crippen molar-refractivity contribution in [2.45, 2.75) is 71.9 Å². The number of anilines is 1. The second kappa shape index (κ2) is 13.9. The van der Waals surface area contributed by atoms with Crippen molar-refractivity contribution in [1.82, 2.24) is 14.9 Å². The highest BCUT2D eigenvalue weighted by Gasteiger charge is 2.32. The minimum atomic E-state index is -0.260. The number of allylic oxidation sites excluding steroid dienone is 3. The second-order valence-corrected chi connectivity index (χ2v) is 12.8. The maximum Gasteiger partial charge on any atom is 0.319 e. The number of ether oxygens (including phenoxy) is 2. The summed E-state index contributed by atoms with van der Waals surface area (Å²) in [6, 6.07) is 7.27. The first-order valence-corrected chi connectivity index (χ1v) is 16.8. The molecule has 1 N–H and O–H groups in total. The summed E-state index contributed by atoms with van der Waals surface area (Å²) in [7, 11) is 2.15. The Kier molecular flexibility index (Phi) is 9.70. The Labute approximate surface area is 271 Å². The van der Waals surface area contributed by atoms with E-state index in [1.54, 1.807) is 18.2 Å². The molecule has 1 unspecified atom stereocenters. The number of halogens is 1. The highest BCUT2D eigenvalue weighted by Crippen LogP contribution is 2.44. The molecule has 1 aromatic heterocycles. The van der Waals surface area contributed by atoms with Crippen LogP contribution < -0.4 is 9.64 Å². The van der Waals surface area contributed by atoms with E-state index in [1.165, 1.54) is 18.9 Å². The number of hydrogen-bond donors (Lipinski definition) is 1. The molecule has 2 aromatic carbocycles. The number of aromatic hydroxyl groups is 1. The lowest BCUT2D eigenvalue weighted by Gasteiger charge is -2.32. The molecule has 0 amide bonds. The summed E-state index contributed by atoms with van der Waals surface area (Å²) >= 11 is 0. The van der Waals surface area contributed by atoms with E-state index in [1.807, 2.05) is 33.8 Å². The topological polar surface area (TPSA) is 83.3 Å². The molecule has 244 valence electrons. The first-order chi connectivity index (χ1) is 22.3. The third-order valence-electron chi connectivity index (χ3n) is 9.28. The Morgan fingerprint density at radius 1 is 1.13 bits per heavy atom. The van der Waals surface area contributed by atoms with Crippen molar-refractivity contribution in [2.75, 3.05) is 51.4 Å². The van der Waals surface area contributed by atoms with Crippen LogP contribution in [-0.2, 0) is 11.2 Å². The van der Waals surface area contributed by atoms with E-state index in [0.29, 0.717) is 50.4 Å². The summed E-state index contributed by atoms with van der Waals surface area (Å²) < 4.78 is 27.5. The fourth-order valence-electron chi connectivity index (χ4n) is 6.99. The number of rotatable bonds is 7. The zero-order valence-electron chi connectivity index (χ0n) is 27.8. The van der Waals surface area contributed by atoms with E-state index in [2.05, 4.69) is 22.9 Å². The largest absolute Gasteiger partial charge is 0.508 e. The highest BCUT2D eigenvalue weighted by atomic mass is 19.1. The molecule has 0 saturated carbocycles. The number of likely N-dealkylation sites (tertiary alicyclic amines) is 1. The van der Waals surface area contributed by atoms with Crippen molar-refractivity contribution >= 4 is 39.5 Å². The molecule has 6 rings (SSSR count). The lowest BCUT2D eigenvalue weighted by atomic mass is 9.82. The number of phenols is 1. The van der Waals surface area contributed by atoms with Gasteiger partial charge in [0.25, 0.3) is 0 Å². The molecule has 2 fully saturated rings. The molecule has 0 bridgehead atoms. The molecule has 1 atom stereocenters. The average Bonchev–Trinajstić information content (AvgIpc) is 3.33. The zero-order valence-corrected chi connectivity index (χ0v) is 27.8. The predicted molar refractivity (Wildman–Crippen MR) is 184 cm³/mol. The van der Waals surface area contributed by atoms with Crippen LogP contribution in [0.4, 0.5) is 10.2 Å². The van der Waals surface area contributed by atoms with E-state index in [4.69, 9.17) is 24.4 Å². The van der Waals surface area contributed by atoms with Gasteiger partial charge in [-0.3, -0.25) is 4.99 Å². The van der Waals surface area contributed by atoms with Gasteiger partial charge in [0.15, 0.2) is 0 Å². The Morgan fingerprint density at radius 3 is 2.74 bits per heavy atom. The summed E-state index contributed by atoms with van der Waals surface area (Å²) in [5, 5.41) is 12.5. The van der Waals surface area contributed by atoms with Crippen LogP contribution >= 0.6 is 0 Å². The quantitative estimate of drug-likeness (QED) is 0.304. The predicted octanol–water partition coefficient (Wildman–Crippen LogP) is 6.93. The molecule has 9 heteroatoms. The van der Waals surface area contributed by atoms with E-state index in [9.17, 15) is 5.11 Å². The summed E-state index contributed by atoms with van der Waals surface area (Å²) in [6.07, 6.45) is 8.97. The van der Waals surface area contributed by atoms with Crippen LogP contribution in [0, 0.1) is 5.82 Å². The van der Waals surface area contributed by atoms with Gasteiger partial charge in [-0.1, -0.05) is 25.5 Å². The minimum absolute atomic E-state index is 0.0214. The van der Waals surface area contributed by atoms with Gasteiger partial charge in [-0.15, -0.1) is 0 Å². The number of phenolic OH excluding ortho intramolecular Hbond substituents is 1. The number of aryl methyl sites for hydroxylation is 1. The van der Waals surface area contributed by atoms with Crippen molar-refractivity contribution in [3.63, 3.8) is 0 Å². The molecule has 0 spiro atoms. The first kappa shape index (κ1) is 32.1. The molecule has 1 aliphatic carbocycles. The first-order valence-electron chi connectivity index (χ1n) is 16.8. The third-order valence-corrected chi connectivity index (χ3v) is 9.28. The molecule has 3 aromatic rings. The Bertz CT molecular complexity index is 1690.